The lowest BCUT2D eigenvalue weighted by atomic mass is 9.95. The summed E-state index contributed by atoms with van der Waals surface area (Å²) < 4.78 is 28.3. The molecule has 2 amide bonds. The van der Waals surface area contributed by atoms with E-state index in [1.54, 1.807) is 13.8 Å². The number of amides is 2. The van der Waals surface area contributed by atoms with E-state index in [2.05, 4.69) is 10.6 Å². The van der Waals surface area contributed by atoms with Gasteiger partial charge in [0.05, 0.1) is 50.6 Å². The van der Waals surface area contributed by atoms with Crippen LogP contribution in [0.25, 0.3) is 0 Å². The van der Waals surface area contributed by atoms with E-state index in [4.69, 9.17) is 23.7 Å². The summed E-state index contributed by atoms with van der Waals surface area (Å²) in [5.41, 5.74) is 0. The lowest BCUT2D eigenvalue weighted by Gasteiger charge is -2.45. The molecule has 2 heterocycles. The Labute approximate surface area is 329 Å². The van der Waals surface area contributed by atoms with Gasteiger partial charge in [0.15, 0.2) is 18.7 Å². The highest BCUT2D eigenvalue weighted by Gasteiger charge is 2.50. The minimum Gasteiger partial charge on any atom is -0.462 e. The summed E-state index contributed by atoms with van der Waals surface area (Å²) in [5, 5.41) is 79.3. The van der Waals surface area contributed by atoms with Crippen LogP contribution in [-0.4, -0.2) is 152 Å². The van der Waals surface area contributed by atoms with Gasteiger partial charge in [-0.2, -0.15) is 0 Å². The van der Waals surface area contributed by atoms with E-state index >= 15 is 0 Å². The van der Waals surface area contributed by atoms with E-state index in [1.807, 2.05) is 41.5 Å². The first-order valence-electron chi connectivity index (χ1n) is 19.8. The number of rotatable bonds is 22. The second kappa shape index (κ2) is 23.8. The maximum absolute atomic E-state index is 13.4. The van der Waals surface area contributed by atoms with Crippen molar-refractivity contribution >= 4 is 23.8 Å². The molecule has 326 valence electrons. The van der Waals surface area contributed by atoms with Gasteiger partial charge in [-0.15, -0.1) is 0 Å². The van der Waals surface area contributed by atoms with E-state index in [-0.39, 0.29) is 37.0 Å². The summed E-state index contributed by atoms with van der Waals surface area (Å²) in [7, 11) is 0. The largest absolute Gasteiger partial charge is 0.462 e. The van der Waals surface area contributed by atoms with Crippen LogP contribution in [-0.2, 0) is 42.9 Å². The number of carbonyl (C=O) groups excluding carboxylic acids is 4. The van der Waals surface area contributed by atoms with Crippen molar-refractivity contribution < 1.29 is 78.6 Å². The first kappa shape index (κ1) is 49.6. The highest BCUT2D eigenvalue weighted by Crippen LogP contribution is 2.28. The van der Waals surface area contributed by atoms with Crippen LogP contribution in [0.1, 0.15) is 100 Å². The van der Waals surface area contributed by atoms with Gasteiger partial charge in [0.25, 0.3) is 0 Å². The number of aliphatic hydroxyl groups excluding tert-OH is 7. The molecule has 0 spiro atoms. The van der Waals surface area contributed by atoms with Gasteiger partial charge in [-0.25, -0.2) is 0 Å². The van der Waals surface area contributed by atoms with Crippen LogP contribution in [0.15, 0.2) is 0 Å². The third-order valence-electron chi connectivity index (χ3n) is 9.62. The fraction of sp³-hybridized carbons (Fsp3) is 0.895. The third-order valence-corrected chi connectivity index (χ3v) is 9.62. The summed E-state index contributed by atoms with van der Waals surface area (Å²) in [6, 6.07) is -2.98. The summed E-state index contributed by atoms with van der Waals surface area (Å²) in [5.74, 6) is -2.84. The van der Waals surface area contributed by atoms with Crippen LogP contribution in [0, 0.1) is 23.7 Å². The molecule has 0 saturated carbocycles. The van der Waals surface area contributed by atoms with Gasteiger partial charge in [0, 0.05) is 0 Å². The Bertz CT molecular complexity index is 1220. The lowest BCUT2D eigenvalue weighted by Crippen LogP contribution is -2.67. The average Bonchev–Trinajstić information content (AvgIpc) is 3.08. The molecule has 0 bridgehead atoms. The number of esters is 2. The molecule has 14 unspecified atom stereocenters. The normalized spacial score (nSPS) is 30.4. The van der Waals surface area contributed by atoms with Crippen molar-refractivity contribution in [3.05, 3.63) is 0 Å². The predicted molar refractivity (Wildman–Crippen MR) is 198 cm³/mol. The maximum atomic E-state index is 13.4. The van der Waals surface area contributed by atoms with E-state index in [0.29, 0.717) is 19.3 Å². The summed E-state index contributed by atoms with van der Waals surface area (Å²) in [6.45, 7) is 13.5. The fourth-order valence-electron chi connectivity index (χ4n) is 6.79. The second-order valence-electron chi connectivity index (χ2n) is 16.4. The van der Waals surface area contributed by atoms with E-state index < -0.39 is 129 Å². The number of hydrogen-bond acceptors (Lipinski definition) is 16. The van der Waals surface area contributed by atoms with Crippen molar-refractivity contribution in [3.63, 3.8) is 0 Å². The van der Waals surface area contributed by atoms with Crippen molar-refractivity contribution in [3.8, 4) is 0 Å². The van der Waals surface area contributed by atoms with Crippen molar-refractivity contribution in [1.29, 1.82) is 0 Å². The van der Waals surface area contributed by atoms with Crippen molar-refractivity contribution in [2.45, 2.75) is 180 Å². The highest BCUT2D eigenvalue weighted by atomic mass is 16.7. The summed E-state index contributed by atoms with van der Waals surface area (Å²) in [4.78, 5) is 51.8. The van der Waals surface area contributed by atoms with Crippen LogP contribution < -0.4 is 10.6 Å². The molecule has 14 atom stereocenters. The Morgan fingerprint density at radius 1 is 0.696 bits per heavy atom. The molecule has 18 heteroatoms. The Morgan fingerprint density at radius 3 is 1.86 bits per heavy atom. The molecule has 18 nitrogen and oxygen atoms in total. The molecule has 2 aliphatic rings. The number of nitrogens with one attached hydrogen (secondary N) is 2. The summed E-state index contributed by atoms with van der Waals surface area (Å²) in [6.07, 6.45) is -15.7. The van der Waals surface area contributed by atoms with Gasteiger partial charge < -0.3 is 70.1 Å². The molecule has 0 aliphatic carbocycles. The van der Waals surface area contributed by atoms with Gasteiger partial charge in [0.2, 0.25) is 11.8 Å². The Hall–Kier alpha value is -2.52. The Kier molecular flexibility index (Phi) is 21.1. The van der Waals surface area contributed by atoms with Crippen LogP contribution in [0.4, 0.5) is 0 Å². The molecule has 0 aromatic rings. The minimum atomic E-state index is -1.89. The zero-order chi connectivity index (χ0) is 42.4. The molecule has 2 fully saturated rings. The van der Waals surface area contributed by atoms with Crippen LogP contribution in [0.3, 0.4) is 0 Å². The van der Waals surface area contributed by atoms with Gasteiger partial charge in [0.1, 0.15) is 48.7 Å². The van der Waals surface area contributed by atoms with E-state index in [0.717, 1.165) is 0 Å². The SMILES string of the molecule is CCC(O)CC(=O)OC1C(O)C(COC2OC(CO)C(O)C(O)C2NC(=O)CC(CC(C)C)OC(=O)C(C)CC(C)C)OC(O)C1NC(=O)CC(O)CC(C)C. The number of carbonyl (C=O) groups is 4. The molecule has 9 N–H and O–H groups in total. The lowest BCUT2D eigenvalue weighted by molar-refractivity contribution is -0.299. The molecular formula is C38H68N2O16. The topological polar surface area (TPSA) is 280 Å². The van der Waals surface area contributed by atoms with Gasteiger partial charge in [-0.1, -0.05) is 55.4 Å². The smallest absolute Gasteiger partial charge is 0.308 e. The van der Waals surface area contributed by atoms with E-state index in [1.165, 1.54) is 0 Å². The average molecular weight is 809 g/mol. The molecule has 0 radical (unpaired) electrons. The van der Waals surface area contributed by atoms with Gasteiger partial charge in [-0.05, 0) is 43.4 Å². The molecule has 2 aliphatic heterocycles. The molecule has 0 aromatic heterocycles. The Morgan fingerprint density at radius 2 is 1.29 bits per heavy atom. The van der Waals surface area contributed by atoms with Crippen molar-refractivity contribution in [2.24, 2.45) is 23.7 Å². The molecule has 2 rings (SSSR count). The molecular weight excluding hydrogens is 740 g/mol. The summed E-state index contributed by atoms with van der Waals surface area (Å²) >= 11 is 0. The number of aliphatic hydroxyl groups is 7. The minimum absolute atomic E-state index is 0.0503. The molecule has 2 saturated heterocycles. The third kappa shape index (κ3) is 16.0. The molecule has 56 heavy (non-hydrogen) atoms. The first-order valence-corrected chi connectivity index (χ1v) is 19.8. The zero-order valence-corrected chi connectivity index (χ0v) is 34.0. The fourth-order valence-corrected chi connectivity index (χ4v) is 6.79. The Balaban J connectivity index is 2.27. The van der Waals surface area contributed by atoms with Crippen molar-refractivity contribution in [2.75, 3.05) is 13.2 Å². The number of hydrogen-bond donors (Lipinski definition) is 9. The maximum Gasteiger partial charge on any atom is 0.308 e. The molecule has 0 aromatic carbocycles. The van der Waals surface area contributed by atoms with Crippen LogP contribution >= 0.6 is 0 Å². The van der Waals surface area contributed by atoms with E-state index in [9.17, 15) is 54.9 Å². The van der Waals surface area contributed by atoms with Gasteiger partial charge >= 0.3 is 11.9 Å². The zero-order valence-electron chi connectivity index (χ0n) is 34.0. The van der Waals surface area contributed by atoms with Crippen molar-refractivity contribution in [1.82, 2.24) is 10.6 Å². The standard InChI is InChI=1S/C38H68N2O16/c1-9-22(42)14-29(46)56-35-31(40-27(44)13-23(43)11-19(4)5)37(51)54-26(33(35)48)17-52-38-30(34(49)32(47)25(16-41)55-38)39-28(45)15-24(12-20(6)7)53-36(50)21(8)10-18(2)3/h18-26,30-35,37-38,41-43,47-49,51H,9-17H2,1-8H3,(H,39,45)(H,40,44). The quantitative estimate of drug-likeness (QED) is 0.0617. The number of ether oxygens (including phenoxy) is 5. The predicted octanol–water partition coefficient (Wildman–Crippen LogP) is -0.610. The van der Waals surface area contributed by atoms with Crippen LogP contribution in [0.2, 0.25) is 0 Å². The second-order valence-corrected chi connectivity index (χ2v) is 16.4. The monoisotopic (exact) mass is 808 g/mol. The highest BCUT2D eigenvalue weighted by molar-refractivity contribution is 5.78. The van der Waals surface area contributed by atoms with Gasteiger partial charge in [-0.3, -0.25) is 19.2 Å². The first-order chi connectivity index (χ1) is 26.2. The van der Waals surface area contributed by atoms with Crippen LogP contribution in [0.5, 0.6) is 0 Å².